The van der Waals surface area contributed by atoms with E-state index >= 15 is 0 Å². The Balaban J connectivity index is 2.19. The van der Waals surface area contributed by atoms with Crippen molar-refractivity contribution in [3.05, 3.63) is 54.3 Å². The predicted molar refractivity (Wildman–Crippen MR) is 58.2 cm³/mol. The molecule has 0 spiro atoms. The molecule has 1 radical (unpaired) electrons. The highest BCUT2D eigenvalue weighted by Gasteiger charge is 2.07. The van der Waals surface area contributed by atoms with Gasteiger partial charge in [0.1, 0.15) is 11.3 Å². The third kappa shape index (κ3) is 1.46. The zero-order valence-corrected chi connectivity index (χ0v) is 8.27. The first-order valence-corrected chi connectivity index (χ1v) is 4.86. The standard InChI is InChI=1S/C13H7FNO/c14-10-5-3-4-9(8-10)13-15-11-6-1-2-7-12(11)16-13/h1-6,8H. The molecule has 1 aromatic heterocycles. The largest absolute Gasteiger partial charge is 0.435 e. The molecule has 2 aromatic carbocycles. The molecule has 3 aromatic rings. The lowest BCUT2D eigenvalue weighted by atomic mass is 10.2. The first-order chi connectivity index (χ1) is 7.83. The van der Waals surface area contributed by atoms with Crippen molar-refractivity contribution in [3.63, 3.8) is 0 Å². The van der Waals surface area contributed by atoms with Crippen molar-refractivity contribution >= 4 is 11.1 Å². The molecule has 0 unspecified atom stereocenters. The SMILES string of the molecule is Fc1cccc(-c2nc3ccc[c]c3o2)c1. The van der Waals surface area contributed by atoms with Crippen LogP contribution in [0.2, 0.25) is 0 Å². The number of para-hydroxylation sites is 1. The van der Waals surface area contributed by atoms with E-state index in [0.717, 1.165) is 5.52 Å². The third-order valence-electron chi connectivity index (χ3n) is 2.29. The van der Waals surface area contributed by atoms with Crippen LogP contribution in [0.5, 0.6) is 0 Å². The number of oxazole rings is 1. The van der Waals surface area contributed by atoms with Crippen LogP contribution in [-0.4, -0.2) is 4.98 Å². The highest BCUT2D eigenvalue weighted by Crippen LogP contribution is 2.23. The summed E-state index contributed by atoms with van der Waals surface area (Å²) in [6.07, 6.45) is 0. The molecule has 0 aliphatic carbocycles. The first kappa shape index (κ1) is 9.09. The van der Waals surface area contributed by atoms with Crippen molar-refractivity contribution < 1.29 is 8.81 Å². The van der Waals surface area contributed by atoms with E-state index in [1.165, 1.54) is 12.1 Å². The van der Waals surface area contributed by atoms with Crippen LogP contribution in [0, 0.1) is 11.9 Å². The first-order valence-electron chi connectivity index (χ1n) is 4.86. The molecule has 0 amide bonds. The zero-order valence-electron chi connectivity index (χ0n) is 8.27. The van der Waals surface area contributed by atoms with Crippen LogP contribution in [0.15, 0.2) is 46.9 Å². The van der Waals surface area contributed by atoms with E-state index < -0.39 is 0 Å². The minimum absolute atomic E-state index is 0.302. The average molecular weight is 212 g/mol. The summed E-state index contributed by atoms with van der Waals surface area (Å²) >= 11 is 0. The molecule has 0 saturated carbocycles. The van der Waals surface area contributed by atoms with Gasteiger partial charge in [0, 0.05) is 11.6 Å². The van der Waals surface area contributed by atoms with Crippen LogP contribution >= 0.6 is 0 Å². The van der Waals surface area contributed by atoms with Crippen LogP contribution in [0.3, 0.4) is 0 Å². The summed E-state index contributed by atoms with van der Waals surface area (Å²) in [5, 5.41) is 0. The molecule has 2 nitrogen and oxygen atoms in total. The van der Waals surface area contributed by atoms with E-state index in [0.29, 0.717) is 17.0 Å². The number of halogens is 1. The maximum atomic E-state index is 13.0. The fourth-order valence-corrected chi connectivity index (χ4v) is 1.56. The van der Waals surface area contributed by atoms with Gasteiger partial charge in [-0.2, -0.15) is 0 Å². The van der Waals surface area contributed by atoms with E-state index in [4.69, 9.17) is 4.42 Å². The monoisotopic (exact) mass is 212 g/mol. The van der Waals surface area contributed by atoms with E-state index in [2.05, 4.69) is 11.1 Å². The molecule has 3 heteroatoms. The number of hydrogen-bond acceptors (Lipinski definition) is 2. The van der Waals surface area contributed by atoms with E-state index in [-0.39, 0.29) is 5.82 Å². The fourth-order valence-electron chi connectivity index (χ4n) is 1.56. The maximum Gasteiger partial charge on any atom is 0.227 e. The number of benzene rings is 2. The van der Waals surface area contributed by atoms with Crippen LogP contribution < -0.4 is 0 Å². The van der Waals surface area contributed by atoms with Crippen LogP contribution in [0.4, 0.5) is 4.39 Å². The zero-order chi connectivity index (χ0) is 11.0. The molecule has 0 bridgehead atoms. The Kier molecular flexibility index (Phi) is 1.96. The van der Waals surface area contributed by atoms with Crippen LogP contribution in [-0.2, 0) is 0 Å². The molecule has 0 saturated heterocycles. The molecule has 0 aliphatic rings. The van der Waals surface area contributed by atoms with Crippen molar-refractivity contribution in [2.24, 2.45) is 0 Å². The molecule has 0 aliphatic heterocycles. The Hall–Kier alpha value is -2.16. The number of aromatic nitrogens is 1. The Morgan fingerprint density at radius 3 is 2.94 bits per heavy atom. The summed E-state index contributed by atoms with van der Waals surface area (Å²) in [4.78, 5) is 4.26. The molecule has 3 rings (SSSR count). The number of hydrogen-bond donors (Lipinski definition) is 0. The number of nitrogens with zero attached hydrogens (tertiary/aromatic N) is 1. The van der Waals surface area contributed by atoms with Gasteiger partial charge in [0.05, 0.1) is 0 Å². The molecular formula is C13H7FNO. The lowest BCUT2D eigenvalue weighted by molar-refractivity contribution is 0.611. The lowest BCUT2D eigenvalue weighted by Gasteiger charge is -1.93. The highest BCUT2D eigenvalue weighted by molar-refractivity contribution is 5.75. The Bertz CT molecular complexity index is 612. The second-order valence-electron chi connectivity index (χ2n) is 3.41. The van der Waals surface area contributed by atoms with Crippen molar-refractivity contribution in [3.8, 4) is 11.5 Å². The van der Waals surface area contributed by atoms with Crippen LogP contribution in [0.25, 0.3) is 22.6 Å². The molecule has 1 heterocycles. The summed E-state index contributed by atoms with van der Waals surface area (Å²) in [7, 11) is 0. The quantitative estimate of drug-likeness (QED) is 0.617. The molecule has 77 valence electrons. The minimum Gasteiger partial charge on any atom is -0.435 e. The van der Waals surface area contributed by atoms with Gasteiger partial charge in [0.25, 0.3) is 0 Å². The molecular weight excluding hydrogens is 205 g/mol. The Labute approximate surface area is 91.3 Å². The smallest absolute Gasteiger partial charge is 0.227 e. The van der Waals surface area contributed by atoms with Gasteiger partial charge in [-0.25, -0.2) is 9.37 Å². The summed E-state index contributed by atoms with van der Waals surface area (Å²) in [5.41, 5.74) is 1.94. The highest BCUT2D eigenvalue weighted by atomic mass is 19.1. The van der Waals surface area contributed by atoms with E-state index in [9.17, 15) is 4.39 Å². The predicted octanol–water partition coefficient (Wildman–Crippen LogP) is 3.43. The maximum absolute atomic E-state index is 13.0. The summed E-state index contributed by atoms with van der Waals surface area (Å²) in [5.74, 6) is 0.112. The summed E-state index contributed by atoms with van der Waals surface area (Å²) in [6.45, 7) is 0. The van der Waals surface area contributed by atoms with Crippen LogP contribution in [0.1, 0.15) is 0 Å². The van der Waals surface area contributed by atoms with Gasteiger partial charge in [0.15, 0.2) is 5.58 Å². The van der Waals surface area contributed by atoms with Gasteiger partial charge in [-0.15, -0.1) is 0 Å². The van der Waals surface area contributed by atoms with E-state index in [1.807, 2.05) is 12.1 Å². The van der Waals surface area contributed by atoms with Gasteiger partial charge in [-0.05, 0) is 24.3 Å². The Morgan fingerprint density at radius 1 is 1.19 bits per heavy atom. The van der Waals surface area contributed by atoms with Crippen molar-refractivity contribution in [1.29, 1.82) is 0 Å². The van der Waals surface area contributed by atoms with Gasteiger partial charge >= 0.3 is 0 Å². The second kappa shape index (κ2) is 3.45. The molecule has 0 N–H and O–H groups in total. The van der Waals surface area contributed by atoms with Crippen molar-refractivity contribution in [2.45, 2.75) is 0 Å². The van der Waals surface area contributed by atoms with Gasteiger partial charge in [-0.3, -0.25) is 0 Å². The second-order valence-corrected chi connectivity index (χ2v) is 3.41. The van der Waals surface area contributed by atoms with Gasteiger partial charge in [-0.1, -0.05) is 18.2 Å². The van der Waals surface area contributed by atoms with Gasteiger partial charge < -0.3 is 4.42 Å². The lowest BCUT2D eigenvalue weighted by Crippen LogP contribution is -1.78. The normalized spacial score (nSPS) is 10.8. The van der Waals surface area contributed by atoms with E-state index in [1.54, 1.807) is 18.2 Å². The third-order valence-corrected chi connectivity index (χ3v) is 2.29. The number of rotatable bonds is 1. The van der Waals surface area contributed by atoms with Gasteiger partial charge in [0.2, 0.25) is 5.89 Å². The van der Waals surface area contributed by atoms with Crippen molar-refractivity contribution in [1.82, 2.24) is 4.98 Å². The van der Waals surface area contributed by atoms with Crippen molar-refractivity contribution in [2.75, 3.05) is 0 Å². The average Bonchev–Trinajstić information content (AvgIpc) is 2.72. The topological polar surface area (TPSA) is 26.0 Å². The summed E-state index contributed by atoms with van der Waals surface area (Å²) < 4.78 is 18.5. The fraction of sp³-hybridized carbons (Fsp3) is 0. The Morgan fingerprint density at radius 2 is 2.12 bits per heavy atom. The number of fused-ring (bicyclic) bond motifs is 1. The molecule has 0 fully saturated rings. The molecule has 0 atom stereocenters. The minimum atomic E-state index is -0.302. The molecule has 16 heavy (non-hydrogen) atoms. The summed E-state index contributed by atoms with van der Waals surface area (Å²) in [6, 6.07) is 14.5.